The van der Waals surface area contributed by atoms with Crippen LogP contribution in [0.5, 0.6) is 5.75 Å². The summed E-state index contributed by atoms with van der Waals surface area (Å²) in [5.41, 5.74) is 0.0950. The van der Waals surface area contributed by atoms with Crippen molar-refractivity contribution in [2.45, 2.75) is 39.8 Å². The van der Waals surface area contributed by atoms with Crippen LogP contribution in [-0.4, -0.2) is 6.61 Å². The Balaban J connectivity index is 0.000000771. The van der Waals surface area contributed by atoms with Crippen LogP contribution in [0.4, 0.5) is 13.2 Å². The molecule has 0 aromatic heterocycles. The van der Waals surface area contributed by atoms with E-state index in [1.165, 1.54) is 12.1 Å². The molecule has 0 aliphatic heterocycles. The third kappa shape index (κ3) is 4.24. The van der Waals surface area contributed by atoms with Gasteiger partial charge in [0.25, 0.3) is 0 Å². The summed E-state index contributed by atoms with van der Waals surface area (Å²) in [6.45, 7) is 6.15. The molecule has 102 valence electrons. The maximum Gasteiger partial charge on any atom is 0.419 e. The molecule has 1 aliphatic rings. The second-order valence-electron chi connectivity index (χ2n) is 4.25. The summed E-state index contributed by atoms with van der Waals surface area (Å²) in [7, 11) is 0. The Hall–Kier alpha value is -1.19. The maximum atomic E-state index is 12.6. The van der Waals surface area contributed by atoms with Crippen LogP contribution in [0.2, 0.25) is 0 Å². The molecule has 1 saturated carbocycles. The average molecular weight is 260 g/mol. The minimum Gasteiger partial charge on any atom is -0.493 e. The van der Waals surface area contributed by atoms with Crippen LogP contribution in [0.1, 0.15) is 37.8 Å². The summed E-state index contributed by atoms with van der Waals surface area (Å²) in [4.78, 5) is 0. The molecule has 1 nitrogen and oxygen atoms in total. The molecule has 0 amide bonds. The molecule has 1 aliphatic carbocycles. The van der Waals surface area contributed by atoms with E-state index in [4.69, 9.17) is 4.74 Å². The van der Waals surface area contributed by atoms with E-state index in [2.05, 4.69) is 0 Å². The highest BCUT2D eigenvalue weighted by atomic mass is 19.4. The Bertz CT molecular complexity index is 381. The van der Waals surface area contributed by atoms with E-state index in [0.717, 1.165) is 24.5 Å². The van der Waals surface area contributed by atoms with Crippen molar-refractivity contribution in [3.8, 4) is 5.75 Å². The lowest BCUT2D eigenvalue weighted by Crippen LogP contribution is -2.10. The first-order valence-corrected chi connectivity index (χ1v) is 6.27. The Morgan fingerprint density at radius 1 is 1.22 bits per heavy atom. The van der Waals surface area contributed by atoms with E-state index in [1.807, 2.05) is 13.8 Å². The zero-order valence-electron chi connectivity index (χ0n) is 11.0. The van der Waals surface area contributed by atoms with Gasteiger partial charge in [-0.25, -0.2) is 0 Å². The normalized spacial score (nSPS) is 14.8. The van der Waals surface area contributed by atoms with Gasteiger partial charge in [-0.3, -0.25) is 0 Å². The van der Waals surface area contributed by atoms with E-state index in [0.29, 0.717) is 12.5 Å². The molecule has 0 N–H and O–H groups in total. The minimum absolute atomic E-state index is 0.0422. The predicted octanol–water partition coefficient (Wildman–Crippen LogP) is 4.83. The molecule has 1 aromatic rings. The van der Waals surface area contributed by atoms with Crippen LogP contribution in [0, 0.1) is 12.8 Å². The summed E-state index contributed by atoms with van der Waals surface area (Å²) in [5, 5.41) is 0. The largest absolute Gasteiger partial charge is 0.493 e. The van der Waals surface area contributed by atoms with E-state index in [9.17, 15) is 13.2 Å². The number of halogens is 3. The van der Waals surface area contributed by atoms with Crippen molar-refractivity contribution in [2.24, 2.45) is 5.92 Å². The standard InChI is InChI=1S/C12H13F3O.C2H6/c1-8-2-5-10(12(13,14)15)11(6-8)16-7-9-3-4-9;1-2/h2,5-6,9H,3-4,7H2,1H3;1-2H3. The molecule has 0 bridgehead atoms. The van der Waals surface area contributed by atoms with Gasteiger partial charge >= 0.3 is 6.18 Å². The van der Waals surface area contributed by atoms with Crippen molar-refractivity contribution >= 4 is 0 Å². The molecule has 0 atom stereocenters. The highest BCUT2D eigenvalue weighted by molar-refractivity contribution is 5.39. The number of hydrogen-bond donors (Lipinski definition) is 0. The zero-order valence-corrected chi connectivity index (χ0v) is 11.0. The van der Waals surface area contributed by atoms with E-state index >= 15 is 0 Å². The quantitative estimate of drug-likeness (QED) is 0.756. The molecule has 2 rings (SSSR count). The van der Waals surface area contributed by atoms with Gasteiger partial charge in [-0.2, -0.15) is 13.2 Å². The molecule has 1 aromatic carbocycles. The monoisotopic (exact) mass is 260 g/mol. The number of hydrogen-bond acceptors (Lipinski definition) is 1. The topological polar surface area (TPSA) is 9.23 Å². The fraction of sp³-hybridized carbons (Fsp3) is 0.571. The first-order chi connectivity index (χ1) is 8.47. The van der Waals surface area contributed by atoms with Gasteiger partial charge in [0.15, 0.2) is 0 Å². The SMILES string of the molecule is CC.Cc1ccc(C(F)(F)F)c(OCC2CC2)c1. The first-order valence-electron chi connectivity index (χ1n) is 6.27. The summed E-state index contributed by atoms with van der Waals surface area (Å²) in [5.74, 6) is 0.404. The number of alkyl halides is 3. The summed E-state index contributed by atoms with van der Waals surface area (Å²) in [6.07, 6.45) is -2.22. The molecule has 0 heterocycles. The second kappa shape index (κ2) is 6.12. The maximum absolute atomic E-state index is 12.6. The Kier molecular flexibility index (Phi) is 5.05. The zero-order chi connectivity index (χ0) is 13.8. The number of benzene rings is 1. The fourth-order valence-corrected chi connectivity index (χ4v) is 1.48. The molecule has 4 heteroatoms. The van der Waals surface area contributed by atoms with Gasteiger partial charge in [0.05, 0.1) is 12.2 Å². The van der Waals surface area contributed by atoms with E-state index in [-0.39, 0.29) is 5.75 Å². The van der Waals surface area contributed by atoms with Gasteiger partial charge < -0.3 is 4.74 Å². The third-order valence-corrected chi connectivity index (χ3v) is 2.61. The van der Waals surface area contributed by atoms with Gasteiger partial charge in [0.1, 0.15) is 5.75 Å². The lowest BCUT2D eigenvalue weighted by molar-refractivity contribution is -0.139. The van der Waals surface area contributed by atoms with Crippen molar-refractivity contribution in [3.63, 3.8) is 0 Å². The lowest BCUT2D eigenvalue weighted by atomic mass is 10.1. The number of rotatable bonds is 3. The summed E-state index contributed by atoms with van der Waals surface area (Å²) in [6, 6.07) is 3.98. The molecule has 0 spiro atoms. The molecule has 1 fully saturated rings. The highest BCUT2D eigenvalue weighted by Gasteiger charge is 2.34. The van der Waals surface area contributed by atoms with Crippen molar-refractivity contribution < 1.29 is 17.9 Å². The van der Waals surface area contributed by atoms with Gasteiger partial charge in [-0.15, -0.1) is 0 Å². The average Bonchev–Trinajstić information content (AvgIpc) is 3.11. The Morgan fingerprint density at radius 2 is 1.83 bits per heavy atom. The lowest BCUT2D eigenvalue weighted by Gasteiger charge is -2.14. The van der Waals surface area contributed by atoms with Crippen molar-refractivity contribution in [3.05, 3.63) is 29.3 Å². The van der Waals surface area contributed by atoms with Crippen LogP contribution in [-0.2, 0) is 6.18 Å². The predicted molar refractivity (Wildman–Crippen MR) is 65.7 cm³/mol. The van der Waals surface area contributed by atoms with E-state index in [1.54, 1.807) is 6.92 Å². The second-order valence-corrected chi connectivity index (χ2v) is 4.25. The minimum atomic E-state index is -4.34. The highest BCUT2D eigenvalue weighted by Crippen LogP contribution is 2.38. The van der Waals surface area contributed by atoms with Gasteiger partial charge in [0.2, 0.25) is 0 Å². The van der Waals surface area contributed by atoms with Crippen LogP contribution in [0.15, 0.2) is 18.2 Å². The van der Waals surface area contributed by atoms with Crippen LogP contribution >= 0.6 is 0 Å². The number of ether oxygens (including phenoxy) is 1. The summed E-state index contributed by atoms with van der Waals surface area (Å²) < 4.78 is 43.2. The Labute approximate surface area is 106 Å². The van der Waals surface area contributed by atoms with Crippen molar-refractivity contribution in [2.75, 3.05) is 6.61 Å². The van der Waals surface area contributed by atoms with E-state index < -0.39 is 11.7 Å². The molecule has 18 heavy (non-hydrogen) atoms. The van der Waals surface area contributed by atoms with Crippen LogP contribution in [0.25, 0.3) is 0 Å². The third-order valence-electron chi connectivity index (χ3n) is 2.61. The smallest absolute Gasteiger partial charge is 0.419 e. The fourth-order valence-electron chi connectivity index (χ4n) is 1.48. The molecular formula is C14H19F3O. The van der Waals surface area contributed by atoms with Gasteiger partial charge in [0, 0.05) is 0 Å². The molecular weight excluding hydrogens is 241 g/mol. The Morgan fingerprint density at radius 3 is 2.33 bits per heavy atom. The first kappa shape index (κ1) is 14.9. The molecule has 0 unspecified atom stereocenters. The summed E-state index contributed by atoms with van der Waals surface area (Å²) >= 11 is 0. The van der Waals surface area contributed by atoms with Crippen molar-refractivity contribution in [1.29, 1.82) is 0 Å². The van der Waals surface area contributed by atoms with Gasteiger partial charge in [-0.1, -0.05) is 19.9 Å². The molecule has 0 radical (unpaired) electrons. The van der Waals surface area contributed by atoms with Gasteiger partial charge in [-0.05, 0) is 43.4 Å². The van der Waals surface area contributed by atoms with Crippen molar-refractivity contribution in [1.82, 2.24) is 0 Å². The number of aryl methyl sites for hydroxylation is 1. The molecule has 0 saturated heterocycles. The van der Waals surface area contributed by atoms with Crippen LogP contribution in [0.3, 0.4) is 0 Å². The van der Waals surface area contributed by atoms with Crippen LogP contribution < -0.4 is 4.74 Å².